The maximum Gasteiger partial charge on any atom is 0.163 e. The van der Waals surface area contributed by atoms with Gasteiger partial charge in [-0.1, -0.05) is 25.5 Å². The van der Waals surface area contributed by atoms with E-state index in [2.05, 4.69) is 5.32 Å². The zero-order valence-corrected chi connectivity index (χ0v) is 8.48. The van der Waals surface area contributed by atoms with Crippen LogP contribution in [0.2, 0.25) is 0 Å². The molecular weight excluding hydrogens is 184 g/mol. The number of halogens is 2. The standard InChI is InChI=1S/C11H15F2N/c1-3-5-10(14-2)8-6-4-7-9(12)11(8)13/h4,6-7,10,14H,3,5H2,1-2H3. The summed E-state index contributed by atoms with van der Waals surface area (Å²) in [7, 11) is 1.75. The normalized spacial score (nSPS) is 12.9. The second-order valence-corrected chi connectivity index (χ2v) is 3.27. The maximum absolute atomic E-state index is 13.3. The smallest absolute Gasteiger partial charge is 0.163 e. The summed E-state index contributed by atoms with van der Waals surface area (Å²) in [6.07, 6.45) is 1.73. The zero-order chi connectivity index (χ0) is 10.6. The zero-order valence-electron chi connectivity index (χ0n) is 8.48. The molecule has 78 valence electrons. The van der Waals surface area contributed by atoms with Gasteiger partial charge in [-0.3, -0.25) is 0 Å². The van der Waals surface area contributed by atoms with Crippen LogP contribution in [0.5, 0.6) is 0 Å². The van der Waals surface area contributed by atoms with Crippen molar-refractivity contribution in [2.45, 2.75) is 25.8 Å². The van der Waals surface area contributed by atoms with Crippen LogP contribution in [0.15, 0.2) is 18.2 Å². The molecule has 0 heterocycles. The minimum atomic E-state index is -0.779. The highest BCUT2D eigenvalue weighted by molar-refractivity contribution is 5.22. The second-order valence-electron chi connectivity index (χ2n) is 3.27. The Morgan fingerprint density at radius 2 is 2.07 bits per heavy atom. The van der Waals surface area contributed by atoms with Gasteiger partial charge in [-0.05, 0) is 19.5 Å². The Bertz CT molecular complexity index is 299. The van der Waals surface area contributed by atoms with Crippen molar-refractivity contribution in [2.24, 2.45) is 0 Å². The highest BCUT2D eigenvalue weighted by Crippen LogP contribution is 2.22. The third kappa shape index (κ3) is 2.29. The number of hydrogen-bond donors (Lipinski definition) is 1. The minimum absolute atomic E-state index is 0.101. The second kappa shape index (κ2) is 5.05. The molecule has 0 fully saturated rings. The average Bonchev–Trinajstić information content (AvgIpc) is 2.19. The number of hydrogen-bond acceptors (Lipinski definition) is 1. The largest absolute Gasteiger partial charge is 0.313 e. The van der Waals surface area contributed by atoms with Crippen molar-refractivity contribution in [1.82, 2.24) is 5.32 Å². The molecule has 1 atom stereocenters. The van der Waals surface area contributed by atoms with E-state index in [1.807, 2.05) is 6.92 Å². The first-order valence-corrected chi connectivity index (χ1v) is 4.81. The Hall–Kier alpha value is -0.960. The molecule has 1 rings (SSSR count). The van der Waals surface area contributed by atoms with E-state index >= 15 is 0 Å². The number of rotatable bonds is 4. The van der Waals surface area contributed by atoms with Crippen LogP contribution in [0.3, 0.4) is 0 Å². The highest BCUT2D eigenvalue weighted by Gasteiger charge is 2.15. The first-order chi connectivity index (χ1) is 6.70. The van der Waals surface area contributed by atoms with Crippen molar-refractivity contribution in [3.8, 4) is 0 Å². The molecule has 0 bridgehead atoms. The summed E-state index contributed by atoms with van der Waals surface area (Å²) in [4.78, 5) is 0. The third-order valence-corrected chi connectivity index (χ3v) is 2.28. The van der Waals surface area contributed by atoms with Gasteiger partial charge in [0, 0.05) is 11.6 Å². The average molecular weight is 199 g/mol. The lowest BCUT2D eigenvalue weighted by Crippen LogP contribution is -2.17. The van der Waals surface area contributed by atoms with Gasteiger partial charge < -0.3 is 5.32 Å². The van der Waals surface area contributed by atoms with Crippen molar-refractivity contribution in [3.63, 3.8) is 0 Å². The fourth-order valence-electron chi connectivity index (χ4n) is 1.53. The summed E-state index contributed by atoms with van der Waals surface area (Å²) in [5.74, 6) is -1.51. The Kier molecular flexibility index (Phi) is 4.01. The van der Waals surface area contributed by atoms with E-state index in [-0.39, 0.29) is 6.04 Å². The lowest BCUT2D eigenvalue weighted by atomic mass is 10.0. The van der Waals surface area contributed by atoms with Gasteiger partial charge in [0.15, 0.2) is 11.6 Å². The SMILES string of the molecule is CCCC(NC)c1cccc(F)c1F. The molecule has 0 saturated carbocycles. The summed E-state index contributed by atoms with van der Waals surface area (Å²) < 4.78 is 26.3. The molecule has 1 aromatic rings. The fraction of sp³-hybridized carbons (Fsp3) is 0.455. The molecule has 1 aromatic carbocycles. The van der Waals surface area contributed by atoms with E-state index in [0.717, 1.165) is 18.9 Å². The van der Waals surface area contributed by atoms with Gasteiger partial charge in [0.2, 0.25) is 0 Å². The Balaban J connectivity index is 2.97. The molecule has 0 aliphatic heterocycles. The molecule has 0 saturated heterocycles. The van der Waals surface area contributed by atoms with Gasteiger partial charge in [0.05, 0.1) is 0 Å². The van der Waals surface area contributed by atoms with Crippen molar-refractivity contribution in [3.05, 3.63) is 35.4 Å². The van der Waals surface area contributed by atoms with Crippen LogP contribution in [0.1, 0.15) is 31.4 Å². The summed E-state index contributed by atoms with van der Waals surface area (Å²) in [6, 6.07) is 4.19. The van der Waals surface area contributed by atoms with E-state index in [1.165, 1.54) is 6.07 Å². The van der Waals surface area contributed by atoms with Crippen molar-refractivity contribution in [2.75, 3.05) is 7.05 Å². The summed E-state index contributed by atoms with van der Waals surface area (Å²) in [5, 5.41) is 2.98. The van der Waals surface area contributed by atoms with Crippen molar-refractivity contribution < 1.29 is 8.78 Å². The summed E-state index contributed by atoms with van der Waals surface area (Å²) >= 11 is 0. The molecule has 3 heteroatoms. The van der Waals surface area contributed by atoms with Crippen molar-refractivity contribution in [1.29, 1.82) is 0 Å². The van der Waals surface area contributed by atoms with Gasteiger partial charge in [-0.2, -0.15) is 0 Å². The van der Waals surface area contributed by atoms with Crippen LogP contribution in [0.4, 0.5) is 8.78 Å². The third-order valence-electron chi connectivity index (χ3n) is 2.28. The molecule has 0 spiro atoms. The van der Waals surface area contributed by atoms with E-state index in [0.29, 0.717) is 5.56 Å². The Morgan fingerprint density at radius 3 is 2.64 bits per heavy atom. The van der Waals surface area contributed by atoms with Crippen LogP contribution >= 0.6 is 0 Å². The Morgan fingerprint density at radius 1 is 1.36 bits per heavy atom. The topological polar surface area (TPSA) is 12.0 Å². The molecule has 1 nitrogen and oxygen atoms in total. The fourth-order valence-corrected chi connectivity index (χ4v) is 1.53. The maximum atomic E-state index is 13.3. The van der Waals surface area contributed by atoms with E-state index in [4.69, 9.17) is 0 Å². The van der Waals surface area contributed by atoms with Crippen LogP contribution in [0.25, 0.3) is 0 Å². The minimum Gasteiger partial charge on any atom is -0.313 e. The van der Waals surface area contributed by atoms with Crippen LogP contribution < -0.4 is 5.32 Å². The molecule has 0 aromatic heterocycles. The van der Waals surface area contributed by atoms with E-state index < -0.39 is 11.6 Å². The number of nitrogens with one attached hydrogen (secondary N) is 1. The molecule has 0 amide bonds. The monoisotopic (exact) mass is 199 g/mol. The van der Waals surface area contributed by atoms with Crippen molar-refractivity contribution >= 4 is 0 Å². The summed E-state index contributed by atoms with van der Waals surface area (Å²) in [5.41, 5.74) is 0.411. The van der Waals surface area contributed by atoms with Gasteiger partial charge in [0.25, 0.3) is 0 Å². The summed E-state index contributed by atoms with van der Waals surface area (Å²) in [6.45, 7) is 2.02. The molecule has 1 unspecified atom stereocenters. The molecule has 0 aliphatic rings. The predicted octanol–water partition coefficient (Wildman–Crippen LogP) is 3.03. The van der Waals surface area contributed by atoms with E-state index in [1.54, 1.807) is 13.1 Å². The number of benzene rings is 1. The molecular formula is C11H15F2N. The lowest BCUT2D eigenvalue weighted by molar-refractivity contribution is 0.461. The predicted molar refractivity (Wildman–Crippen MR) is 53.1 cm³/mol. The highest BCUT2D eigenvalue weighted by atomic mass is 19.2. The van der Waals surface area contributed by atoms with Crippen LogP contribution in [0, 0.1) is 11.6 Å². The van der Waals surface area contributed by atoms with Gasteiger partial charge in [-0.15, -0.1) is 0 Å². The molecule has 14 heavy (non-hydrogen) atoms. The van der Waals surface area contributed by atoms with Gasteiger partial charge in [0.1, 0.15) is 0 Å². The van der Waals surface area contributed by atoms with Crippen LogP contribution in [-0.2, 0) is 0 Å². The van der Waals surface area contributed by atoms with E-state index in [9.17, 15) is 8.78 Å². The molecule has 0 aliphatic carbocycles. The first-order valence-electron chi connectivity index (χ1n) is 4.81. The lowest BCUT2D eigenvalue weighted by Gasteiger charge is -2.16. The molecule has 1 N–H and O–H groups in total. The Labute approximate surface area is 83.1 Å². The first kappa shape index (κ1) is 11.1. The molecule has 0 radical (unpaired) electrons. The quantitative estimate of drug-likeness (QED) is 0.786. The van der Waals surface area contributed by atoms with Gasteiger partial charge in [-0.25, -0.2) is 8.78 Å². The van der Waals surface area contributed by atoms with Crippen LogP contribution in [-0.4, -0.2) is 7.05 Å². The van der Waals surface area contributed by atoms with Gasteiger partial charge >= 0.3 is 0 Å².